The third-order valence-corrected chi connectivity index (χ3v) is 2.44. The predicted octanol–water partition coefficient (Wildman–Crippen LogP) is 1.25. The van der Waals surface area contributed by atoms with Crippen LogP contribution in [0.4, 0.5) is 0 Å². The van der Waals surface area contributed by atoms with Crippen molar-refractivity contribution in [2.24, 2.45) is 5.92 Å². The third-order valence-electron chi connectivity index (χ3n) is 2.44. The lowest BCUT2D eigenvalue weighted by Gasteiger charge is -2.09. The monoisotopic (exact) mass is 235 g/mol. The Balaban J connectivity index is 2.24. The number of aromatic nitrogens is 1. The van der Waals surface area contributed by atoms with Gasteiger partial charge in [0.1, 0.15) is 0 Å². The van der Waals surface area contributed by atoms with E-state index in [0.29, 0.717) is 19.0 Å². The average molecular weight is 235 g/mol. The van der Waals surface area contributed by atoms with Gasteiger partial charge in [-0.05, 0) is 30.0 Å². The Labute approximate surface area is 103 Å². The quantitative estimate of drug-likeness (QED) is 0.780. The van der Waals surface area contributed by atoms with Crippen molar-refractivity contribution in [1.82, 2.24) is 15.6 Å². The predicted molar refractivity (Wildman–Crippen MR) is 68.5 cm³/mol. The standard InChI is InChI=1S/C13H21N3O/c1-10(2)6-16-13(17)9-15-8-12-4-5-14-7-11(12)3/h4-5,7,10,15H,6,8-9H2,1-3H3,(H,16,17). The van der Waals surface area contributed by atoms with Gasteiger partial charge in [-0.25, -0.2) is 0 Å². The molecule has 0 atom stereocenters. The van der Waals surface area contributed by atoms with Crippen molar-refractivity contribution in [1.29, 1.82) is 0 Å². The number of aryl methyl sites for hydroxylation is 1. The molecule has 2 N–H and O–H groups in total. The van der Waals surface area contributed by atoms with Gasteiger partial charge in [-0.2, -0.15) is 0 Å². The summed E-state index contributed by atoms with van der Waals surface area (Å²) in [5, 5.41) is 6.00. The molecule has 4 heteroatoms. The molecule has 1 aromatic rings. The van der Waals surface area contributed by atoms with Crippen LogP contribution in [-0.4, -0.2) is 24.0 Å². The Bertz CT molecular complexity index is 363. The molecule has 0 saturated heterocycles. The summed E-state index contributed by atoms with van der Waals surface area (Å²) in [6, 6.07) is 1.97. The van der Waals surface area contributed by atoms with E-state index in [0.717, 1.165) is 12.1 Å². The van der Waals surface area contributed by atoms with Gasteiger partial charge in [0.25, 0.3) is 0 Å². The van der Waals surface area contributed by atoms with Crippen molar-refractivity contribution in [3.05, 3.63) is 29.6 Å². The topological polar surface area (TPSA) is 54.0 Å². The fourth-order valence-electron chi connectivity index (χ4n) is 1.39. The first-order valence-electron chi connectivity index (χ1n) is 5.96. The van der Waals surface area contributed by atoms with E-state index in [1.165, 1.54) is 5.56 Å². The number of hydrogen-bond acceptors (Lipinski definition) is 3. The molecule has 4 nitrogen and oxygen atoms in total. The van der Waals surface area contributed by atoms with Crippen molar-refractivity contribution in [3.8, 4) is 0 Å². The van der Waals surface area contributed by atoms with Gasteiger partial charge in [-0.3, -0.25) is 9.78 Å². The molecule has 0 unspecified atom stereocenters. The molecular formula is C13H21N3O. The highest BCUT2D eigenvalue weighted by molar-refractivity contribution is 5.77. The summed E-state index contributed by atoms with van der Waals surface area (Å²) in [6.07, 6.45) is 3.60. The minimum Gasteiger partial charge on any atom is -0.355 e. The highest BCUT2D eigenvalue weighted by atomic mass is 16.1. The molecule has 0 radical (unpaired) electrons. The van der Waals surface area contributed by atoms with E-state index >= 15 is 0 Å². The van der Waals surface area contributed by atoms with Gasteiger partial charge in [0.05, 0.1) is 6.54 Å². The van der Waals surface area contributed by atoms with Crippen LogP contribution in [0.15, 0.2) is 18.5 Å². The number of rotatable bonds is 6. The summed E-state index contributed by atoms with van der Waals surface area (Å²) in [5.41, 5.74) is 2.32. The van der Waals surface area contributed by atoms with Crippen LogP contribution in [0.25, 0.3) is 0 Å². The average Bonchev–Trinajstić information content (AvgIpc) is 2.29. The first-order chi connectivity index (χ1) is 8.09. The molecule has 0 aliphatic rings. The Morgan fingerprint density at radius 1 is 1.47 bits per heavy atom. The molecule has 17 heavy (non-hydrogen) atoms. The molecule has 0 spiro atoms. The number of nitrogens with one attached hydrogen (secondary N) is 2. The summed E-state index contributed by atoms with van der Waals surface area (Å²) in [7, 11) is 0. The van der Waals surface area contributed by atoms with E-state index in [1.54, 1.807) is 6.20 Å². The zero-order valence-corrected chi connectivity index (χ0v) is 10.8. The zero-order valence-electron chi connectivity index (χ0n) is 10.8. The largest absolute Gasteiger partial charge is 0.355 e. The summed E-state index contributed by atoms with van der Waals surface area (Å²) in [6.45, 7) is 7.96. The molecule has 1 rings (SSSR count). The number of pyridine rings is 1. The van der Waals surface area contributed by atoms with Crippen molar-refractivity contribution in [2.75, 3.05) is 13.1 Å². The van der Waals surface area contributed by atoms with Crippen molar-refractivity contribution < 1.29 is 4.79 Å². The summed E-state index contributed by atoms with van der Waals surface area (Å²) >= 11 is 0. The highest BCUT2D eigenvalue weighted by Crippen LogP contribution is 2.03. The van der Waals surface area contributed by atoms with E-state index in [-0.39, 0.29) is 5.91 Å². The van der Waals surface area contributed by atoms with E-state index < -0.39 is 0 Å². The van der Waals surface area contributed by atoms with Crippen molar-refractivity contribution in [3.63, 3.8) is 0 Å². The third kappa shape index (κ3) is 5.45. The number of hydrogen-bond donors (Lipinski definition) is 2. The lowest BCUT2D eigenvalue weighted by atomic mass is 10.1. The zero-order chi connectivity index (χ0) is 12.7. The fourth-order valence-corrected chi connectivity index (χ4v) is 1.39. The molecule has 1 aromatic heterocycles. The number of nitrogens with zero attached hydrogens (tertiary/aromatic N) is 1. The second-order valence-corrected chi connectivity index (χ2v) is 4.60. The van der Waals surface area contributed by atoms with Crippen LogP contribution < -0.4 is 10.6 Å². The Morgan fingerprint density at radius 3 is 2.88 bits per heavy atom. The minimum absolute atomic E-state index is 0.0467. The van der Waals surface area contributed by atoms with Crippen LogP contribution in [0.2, 0.25) is 0 Å². The number of carbonyl (C=O) groups is 1. The maximum absolute atomic E-state index is 11.4. The summed E-state index contributed by atoms with van der Waals surface area (Å²) < 4.78 is 0. The lowest BCUT2D eigenvalue weighted by Crippen LogP contribution is -2.35. The van der Waals surface area contributed by atoms with Gasteiger partial charge in [0.15, 0.2) is 0 Å². The first-order valence-corrected chi connectivity index (χ1v) is 5.96. The SMILES string of the molecule is Cc1cnccc1CNCC(=O)NCC(C)C. The Morgan fingerprint density at radius 2 is 2.24 bits per heavy atom. The van der Waals surface area contributed by atoms with E-state index in [9.17, 15) is 4.79 Å². The molecule has 0 aromatic carbocycles. The molecule has 94 valence electrons. The van der Waals surface area contributed by atoms with Crippen LogP contribution in [0.3, 0.4) is 0 Å². The second kappa shape index (κ2) is 7.01. The van der Waals surface area contributed by atoms with Crippen LogP contribution in [-0.2, 0) is 11.3 Å². The van der Waals surface area contributed by atoms with Gasteiger partial charge in [0, 0.05) is 25.5 Å². The molecule has 1 heterocycles. The van der Waals surface area contributed by atoms with E-state index in [1.807, 2.05) is 19.2 Å². The minimum atomic E-state index is 0.0467. The smallest absolute Gasteiger partial charge is 0.233 e. The van der Waals surface area contributed by atoms with Gasteiger partial charge in [0.2, 0.25) is 5.91 Å². The fraction of sp³-hybridized carbons (Fsp3) is 0.538. The van der Waals surface area contributed by atoms with Crippen LogP contribution in [0.1, 0.15) is 25.0 Å². The molecule has 0 saturated carbocycles. The van der Waals surface area contributed by atoms with Gasteiger partial charge in [-0.1, -0.05) is 13.8 Å². The van der Waals surface area contributed by atoms with Crippen molar-refractivity contribution in [2.45, 2.75) is 27.3 Å². The summed E-state index contributed by atoms with van der Waals surface area (Å²) in [4.78, 5) is 15.5. The van der Waals surface area contributed by atoms with Crippen molar-refractivity contribution >= 4 is 5.91 Å². The maximum Gasteiger partial charge on any atom is 0.233 e. The molecular weight excluding hydrogens is 214 g/mol. The van der Waals surface area contributed by atoms with E-state index in [2.05, 4.69) is 29.5 Å². The second-order valence-electron chi connectivity index (χ2n) is 4.60. The summed E-state index contributed by atoms with van der Waals surface area (Å²) in [5.74, 6) is 0.534. The van der Waals surface area contributed by atoms with Gasteiger partial charge in [-0.15, -0.1) is 0 Å². The normalized spacial score (nSPS) is 10.6. The Hall–Kier alpha value is -1.42. The lowest BCUT2D eigenvalue weighted by molar-refractivity contribution is -0.120. The molecule has 1 amide bonds. The van der Waals surface area contributed by atoms with Gasteiger partial charge >= 0.3 is 0 Å². The first kappa shape index (κ1) is 13.6. The van der Waals surface area contributed by atoms with Crippen LogP contribution in [0.5, 0.6) is 0 Å². The molecule has 0 aliphatic heterocycles. The van der Waals surface area contributed by atoms with Crippen LogP contribution >= 0.6 is 0 Å². The molecule has 0 aliphatic carbocycles. The van der Waals surface area contributed by atoms with E-state index in [4.69, 9.17) is 0 Å². The highest BCUT2D eigenvalue weighted by Gasteiger charge is 2.02. The number of carbonyl (C=O) groups excluding carboxylic acids is 1. The van der Waals surface area contributed by atoms with Gasteiger partial charge < -0.3 is 10.6 Å². The maximum atomic E-state index is 11.4. The Kier molecular flexibility index (Phi) is 5.63. The molecule has 0 fully saturated rings. The number of amides is 1. The molecule has 0 bridgehead atoms. The van der Waals surface area contributed by atoms with Crippen LogP contribution in [0, 0.1) is 12.8 Å².